The van der Waals surface area contributed by atoms with E-state index in [9.17, 15) is 18.0 Å². The summed E-state index contributed by atoms with van der Waals surface area (Å²) in [6, 6.07) is 10.4. The number of hydrogen-bond acceptors (Lipinski definition) is 5. The van der Waals surface area contributed by atoms with Crippen molar-refractivity contribution in [2.45, 2.75) is 19.0 Å². The van der Waals surface area contributed by atoms with Crippen LogP contribution >= 0.6 is 15.9 Å². The summed E-state index contributed by atoms with van der Waals surface area (Å²) >= 11 is 3.40. The van der Waals surface area contributed by atoms with Crippen molar-refractivity contribution in [1.82, 2.24) is 19.8 Å². The van der Waals surface area contributed by atoms with Gasteiger partial charge in [0.05, 0.1) is 5.69 Å². The summed E-state index contributed by atoms with van der Waals surface area (Å²) < 4.78 is 40.7. The summed E-state index contributed by atoms with van der Waals surface area (Å²) in [6.45, 7) is 1.02. The number of rotatable bonds is 3. The molecule has 0 bridgehead atoms. The van der Waals surface area contributed by atoms with Gasteiger partial charge >= 0.3 is 6.18 Å². The first-order valence-corrected chi connectivity index (χ1v) is 9.72. The van der Waals surface area contributed by atoms with Crippen molar-refractivity contribution in [3.63, 3.8) is 0 Å². The first kappa shape index (κ1) is 19.6. The molecule has 0 aliphatic carbocycles. The average molecular weight is 469 g/mol. The second kappa shape index (κ2) is 7.62. The molecule has 2 aromatic heterocycles. The molecule has 1 N–H and O–H groups in total. The zero-order chi connectivity index (χ0) is 20.6. The van der Waals surface area contributed by atoms with Crippen LogP contribution in [0.25, 0.3) is 5.65 Å². The maximum absolute atomic E-state index is 13.0. The zero-order valence-electron chi connectivity index (χ0n) is 15.0. The molecule has 0 atom stereocenters. The molecule has 3 heterocycles. The van der Waals surface area contributed by atoms with Crippen molar-refractivity contribution in [2.24, 2.45) is 5.92 Å². The minimum atomic E-state index is -4.64. The van der Waals surface area contributed by atoms with Gasteiger partial charge in [-0.3, -0.25) is 4.79 Å². The fraction of sp³-hybridized carbons (Fsp3) is 0.333. The minimum Gasteiger partial charge on any atom is -0.355 e. The smallest absolute Gasteiger partial charge is 0.355 e. The molecule has 4 rings (SSSR count). The van der Waals surface area contributed by atoms with E-state index in [1.807, 2.05) is 29.2 Å². The number of carbonyl (C=O) groups is 1. The number of fused-ring (bicyclic) bond motifs is 1. The van der Waals surface area contributed by atoms with Gasteiger partial charge in [-0.25, -0.2) is 0 Å². The van der Waals surface area contributed by atoms with Gasteiger partial charge in [0.15, 0.2) is 5.65 Å². The molecule has 7 nitrogen and oxygen atoms in total. The molecule has 1 fully saturated rings. The van der Waals surface area contributed by atoms with Crippen LogP contribution in [0.5, 0.6) is 0 Å². The van der Waals surface area contributed by atoms with Gasteiger partial charge in [-0.15, -0.1) is 15.3 Å². The topological polar surface area (TPSA) is 75.4 Å². The lowest BCUT2D eigenvalue weighted by Gasteiger charge is -2.32. The third-order valence-electron chi connectivity index (χ3n) is 4.82. The molecule has 0 saturated carbocycles. The number of nitrogens with zero attached hydrogens (tertiary/aromatic N) is 5. The molecule has 0 unspecified atom stereocenters. The number of hydrogen-bond donors (Lipinski definition) is 1. The highest BCUT2D eigenvalue weighted by atomic mass is 79.9. The van der Waals surface area contributed by atoms with Gasteiger partial charge in [-0.2, -0.15) is 17.7 Å². The highest BCUT2D eigenvalue weighted by molar-refractivity contribution is 9.10. The summed E-state index contributed by atoms with van der Waals surface area (Å²) in [5.41, 5.74) is 0.739. The van der Waals surface area contributed by atoms with Crippen LogP contribution in [0.3, 0.4) is 0 Å². The number of anilines is 2. The quantitative estimate of drug-likeness (QED) is 0.633. The van der Waals surface area contributed by atoms with Gasteiger partial charge in [0, 0.05) is 23.5 Å². The van der Waals surface area contributed by atoms with E-state index in [0.29, 0.717) is 42.0 Å². The zero-order valence-corrected chi connectivity index (χ0v) is 16.6. The number of para-hydroxylation sites is 1. The Bertz CT molecular complexity index is 1050. The van der Waals surface area contributed by atoms with Gasteiger partial charge in [-0.05, 0) is 53.0 Å². The maximum Gasteiger partial charge on any atom is 0.453 e. The van der Waals surface area contributed by atoms with Crippen LogP contribution in [-0.2, 0) is 11.0 Å². The van der Waals surface area contributed by atoms with Crippen LogP contribution in [0.2, 0.25) is 0 Å². The Morgan fingerprint density at radius 3 is 2.52 bits per heavy atom. The van der Waals surface area contributed by atoms with Crippen LogP contribution in [-0.4, -0.2) is 38.8 Å². The van der Waals surface area contributed by atoms with E-state index in [0.717, 1.165) is 4.47 Å². The highest BCUT2D eigenvalue weighted by Gasteiger charge is 2.38. The fourth-order valence-electron chi connectivity index (χ4n) is 3.29. The third-order valence-corrected chi connectivity index (χ3v) is 5.52. The molecular formula is C18H16BrF3N6O. The van der Waals surface area contributed by atoms with Crippen LogP contribution in [0.15, 0.2) is 40.9 Å². The van der Waals surface area contributed by atoms with E-state index in [4.69, 9.17) is 0 Å². The minimum absolute atomic E-state index is 0.0313. The molecule has 1 amide bonds. The first-order chi connectivity index (χ1) is 13.8. The standard InChI is InChI=1S/C18H16BrF3N6O/c19-12-3-1-2-4-13(12)23-16(29)11-7-9-27(10-8-11)15-6-5-14-24-25-17(18(20,21)22)28(14)26-15/h1-6,11H,7-10H2,(H,23,29). The Balaban J connectivity index is 1.44. The van der Waals surface area contributed by atoms with Crippen molar-refractivity contribution in [3.05, 3.63) is 46.7 Å². The van der Waals surface area contributed by atoms with E-state index >= 15 is 0 Å². The molecule has 1 aliphatic rings. The van der Waals surface area contributed by atoms with Crippen molar-refractivity contribution >= 4 is 39.0 Å². The molecule has 1 saturated heterocycles. The van der Waals surface area contributed by atoms with Crippen LogP contribution in [0.1, 0.15) is 18.7 Å². The normalized spacial score (nSPS) is 15.7. The first-order valence-electron chi connectivity index (χ1n) is 8.93. The number of carbonyl (C=O) groups excluding carboxylic acids is 1. The third kappa shape index (κ3) is 4.04. The van der Waals surface area contributed by atoms with E-state index in [2.05, 4.69) is 36.5 Å². The van der Waals surface area contributed by atoms with E-state index in [1.165, 1.54) is 6.07 Å². The number of nitrogens with one attached hydrogen (secondary N) is 1. The molecule has 1 aliphatic heterocycles. The molecule has 29 heavy (non-hydrogen) atoms. The largest absolute Gasteiger partial charge is 0.453 e. The summed E-state index contributed by atoms with van der Waals surface area (Å²) in [5, 5.41) is 13.7. The van der Waals surface area contributed by atoms with Crippen LogP contribution < -0.4 is 10.2 Å². The van der Waals surface area contributed by atoms with E-state index < -0.39 is 12.0 Å². The predicted octanol–water partition coefficient (Wildman–Crippen LogP) is 3.76. The van der Waals surface area contributed by atoms with Crippen molar-refractivity contribution < 1.29 is 18.0 Å². The molecule has 3 aromatic rings. The summed E-state index contributed by atoms with van der Waals surface area (Å²) in [6.07, 6.45) is -3.49. The lowest BCUT2D eigenvalue weighted by atomic mass is 9.96. The Hall–Kier alpha value is -2.69. The summed E-state index contributed by atoms with van der Waals surface area (Å²) in [7, 11) is 0. The Labute approximate surface area is 172 Å². The van der Waals surface area contributed by atoms with Gasteiger partial charge in [-0.1, -0.05) is 12.1 Å². The maximum atomic E-state index is 13.0. The average Bonchev–Trinajstić information content (AvgIpc) is 3.13. The van der Waals surface area contributed by atoms with E-state index in [-0.39, 0.29) is 17.5 Å². The molecule has 1 aromatic carbocycles. The molecule has 11 heteroatoms. The Morgan fingerprint density at radius 1 is 1.10 bits per heavy atom. The van der Waals surface area contributed by atoms with E-state index in [1.54, 1.807) is 6.07 Å². The van der Waals surface area contributed by atoms with Crippen molar-refractivity contribution in [1.29, 1.82) is 0 Å². The Morgan fingerprint density at radius 2 is 1.83 bits per heavy atom. The lowest BCUT2D eigenvalue weighted by Crippen LogP contribution is -2.38. The number of benzene rings is 1. The van der Waals surface area contributed by atoms with Crippen LogP contribution in [0.4, 0.5) is 24.7 Å². The van der Waals surface area contributed by atoms with Gasteiger partial charge < -0.3 is 10.2 Å². The number of piperidine rings is 1. The molecular weight excluding hydrogens is 453 g/mol. The van der Waals surface area contributed by atoms with Crippen molar-refractivity contribution in [3.8, 4) is 0 Å². The number of alkyl halides is 3. The molecule has 0 spiro atoms. The number of aromatic nitrogens is 4. The van der Waals surface area contributed by atoms with Crippen LogP contribution in [0, 0.1) is 5.92 Å². The lowest BCUT2D eigenvalue weighted by molar-refractivity contribution is -0.146. The molecule has 0 radical (unpaired) electrons. The highest BCUT2D eigenvalue weighted by Crippen LogP contribution is 2.29. The summed E-state index contributed by atoms with van der Waals surface area (Å²) in [4.78, 5) is 14.4. The fourth-order valence-corrected chi connectivity index (χ4v) is 3.68. The molecule has 152 valence electrons. The Kier molecular flexibility index (Phi) is 5.15. The SMILES string of the molecule is O=C(Nc1ccccc1Br)C1CCN(c2ccc3nnc(C(F)(F)F)n3n2)CC1. The summed E-state index contributed by atoms with van der Waals surface area (Å²) in [5.74, 6) is -1.01. The second-order valence-corrected chi connectivity index (χ2v) is 7.57. The number of halogens is 4. The van der Waals surface area contributed by atoms with Gasteiger partial charge in [0.1, 0.15) is 5.82 Å². The number of amides is 1. The second-order valence-electron chi connectivity index (χ2n) is 6.71. The van der Waals surface area contributed by atoms with Gasteiger partial charge in [0.2, 0.25) is 5.91 Å². The monoisotopic (exact) mass is 468 g/mol. The van der Waals surface area contributed by atoms with Gasteiger partial charge in [0.25, 0.3) is 5.82 Å². The van der Waals surface area contributed by atoms with Crippen molar-refractivity contribution in [2.75, 3.05) is 23.3 Å². The predicted molar refractivity (Wildman–Crippen MR) is 103 cm³/mol.